The van der Waals surface area contributed by atoms with Crippen LogP contribution in [0.5, 0.6) is 0 Å². The summed E-state index contributed by atoms with van der Waals surface area (Å²) in [5.74, 6) is 0.638. The largest absolute Gasteiger partial charge is 0.329 e. The summed E-state index contributed by atoms with van der Waals surface area (Å²) in [6, 6.07) is 2.33. The highest BCUT2D eigenvalue weighted by Crippen LogP contribution is 2.21. The van der Waals surface area contributed by atoms with Crippen molar-refractivity contribution >= 4 is 15.9 Å². The average molecular weight is 286 g/mol. The van der Waals surface area contributed by atoms with Gasteiger partial charge in [0, 0.05) is 36.0 Å². The van der Waals surface area contributed by atoms with Crippen LogP contribution in [0.4, 0.5) is 0 Å². The first-order valence-corrected chi connectivity index (χ1v) is 6.34. The van der Waals surface area contributed by atoms with Gasteiger partial charge in [0.25, 0.3) is 0 Å². The summed E-state index contributed by atoms with van der Waals surface area (Å²) >= 11 is 3.44. The van der Waals surface area contributed by atoms with Crippen molar-refractivity contribution in [1.29, 1.82) is 0 Å². The first-order valence-electron chi connectivity index (χ1n) is 5.55. The molecule has 0 radical (unpaired) electrons. The molecule has 0 aromatic carbocycles. The van der Waals surface area contributed by atoms with Gasteiger partial charge in [-0.1, -0.05) is 13.8 Å². The first kappa shape index (κ1) is 13.6. The topological polar surface area (TPSA) is 42.1 Å². The molecular weight excluding hydrogens is 266 g/mol. The van der Waals surface area contributed by atoms with Crippen molar-refractivity contribution in [1.82, 2.24) is 9.88 Å². The number of nitrogens with zero attached hydrogens (tertiary/aromatic N) is 2. The van der Waals surface area contributed by atoms with E-state index in [9.17, 15) is 0 Å². The third-order valence-electron chi connectivity index (χ3n) is 2.52. The van der Waals surface area contributed by atoms with E-state index in [-0.39, 0.29) is 6.04 Å². The highest BCUT2D eigenvalue weighted by atomic mass is 79.9. The Bertz CT molecular complexity index is 328. The van der Waals surface area contributed by atoms with Crippen LogP contribution in [0, 0.1) is 5.92 Å². The fourth-order valence-electron chi connectivity index (χ4n) is 1.88. The maximum Gasteiger partial charge on any atom is 0.0483 e. The van der Waals surface area contributed by atoms with Crippen molar-refractivity contribution in [3.63, 3.8) is 0 Å². The van der Waals surface area contributed by atoms with Crippen LogP contribution in [0.25, 0.3) is 0 Å². The van der Waals surface area contributed by atoms with Gasteiger partial charge >= 0.3 is 0 Å². The zero-order chi connectivity index (χ0) is 12.1. The number of likely N-dealkylation sites (N-methyl/N-ethyl adjacent to an activating group) is 1. The molecule has 0 amide bonds. The molecule has 1 unspecified atom stereocenters. The molecule has 1 aromatic rings. The Morgan fingerprint density at radius 2 is 2.12 bits per heavy atom. The molecule has 0 aliphatic carbocycles. The Balaban J connectivity index is 2.81. The molecular formula is C12H20BrN3. The van der Waals surface area contributed by atoms with E-state index >= 15 is 0 Å². The van der Waals surface area contributed by atoms with Crippen molar-refractivity contribution in [2.24, 2.45) is 11.7 Å². The van der Waals surface area contributed by atoms with E-state index in [0.29, 0.717) is 12.5 Å². The summed E-state index contributed by atoms with van der Waals surface area (Å²) in [4.78, 5) is 6.47. The molecule has 1 rings (SSSR count). The van der Waals surface area contributed by atoms with Crippen LogP contribution in [0.3, 0.4) is 0 Å². The number of aromatic nitrogens is 1. The zero-order valence-corrected chi connectivity index (χ0v) is 11.7. The molecule has 0 saturated heterocycles. The first-order chi connectivity index (χ1) is 7.54. The van der Waals surface area contributed by atoms with Gasteiger partial charge in [-0.3, -0.25) is 9.88 Å². The molecule has 1 aromatic heterocycles. The minimum Gasteiger partial charge on any atom is -0.329 e. The molecule has 1 atom stereocenters. The smallest absolute Gasteiger partial charge is 0.0483 e. The van der Waals surface area contributed by atoms with Crippen LogP contribution < -0.4 is 5.73 Å². The van der Waals surface area contributed by atoms with E-state index in [1.807, 2.05) is 6.20 Å². The SMILES string of the molecule is CC(C)CN(C)C(CN)c1cncc(Br)c1. The van der Waals surface area contributed by atoms with Gasteiger partial charge in [0.1, 0.15) is 0 Å². The van der Waals surface area contributed by atoms with Gasteiger partial charge in [0.05, 0.1) is 0 Å². The number of hydrogen-bond acceptors (Lipinski definition) is 3. The van der Waals surface area contributed by atoms with Crippen LogP contribution in [0.1, 0.15) is 25.5 Å². The minimum atomic E-state index is 0.243. The summed E-state index contributed by atoms with van der Waals surface area (Å²) < 4.78 is 1.00. The van der Waals surface area contributed by atoms with E-state index < -0.39 is 0 Å². The third kappa shape index (κ3) is 3.85. The Morgan fingerprint density at radius 1 is 1.44 bits per heavy atom. The highest BCUT2D eigenvalue weighted by molar-refractivity contribution is 9.10. The summed E-state index contributed by atoms with van der Waals surface area (Å²) in [5, 5.41) is 0. The molecule has 0 fully saturated rings. The van der Waals surface area contributed by atoms with Gasteiger partial charge in [0.15, 0.2) is 0 Å². The monoisotopic (exact) mass is 285 g/mol. The molecule has 2 N–H and O–H groups in total. The normalized spacial score (nSPS) is 13.4. The molecule has 3 nitrogen and oxygen atoms in total. The molecule has 1 heterocycles. The minimum absolute atomic E-state index is 0.243. The van der Waals surface area contributed by atoms with Crippen LogP contribution in [0.15, 0.2) is 22.9 Å². The average Bonchev–Trinajstić information content (AvgIpc) is 2.17. The van der Waals surface area contributed by atoms with Gasteiger partial charge in [-0.05, 0) is 40.5 Å². The van der Waals surface area contributed by atoms with E-state index in [0.717, 1.165) is 11.0 Å². The second kappa shape index (κ2) is 6.33. The van der Waals surface area contributed by atoms with E-state index in [2.05, 4.69) is 52.8 Å². The number of halogens is 1. The lowest BCUT2D eigenvalue weighted by Gasteiger charge is -2.28. The second-order valence-electron chi connectivity index (χ2n) is 4.52. The molecule has 0 spiro atoms. The molecule has 16 heavy (non-hydrogen) atoms. The van der Waals surface area contributed by atoms with E-state index in [4.69, 9.17) is 5.73 Å². The van der Waals surface area contributed by atoms with Crippen molar-refractivity contribution in [3.05, 3.63) is 28.5 Å². The van der Waals surface area contributed by atoms with Gasteiger partial charge in [-0.25, -0.2) is 0 Å². The van der Waals surface area contributed by atoms with Gasteiger partial charge in [-0.15, -0.1) is 0 Å². The Morgan fingerprint density at radius 3 is 2.62 bits per heavy atom. The lowest BCUT2D eigenvalue weighted by Crippen LogP contribution is -2.33. The van der Waals surface area contributed by atoms with Crippen molar-refractivity contribution in [2.75, 3.05) is 20.1 Å². The summed E-state index contributed by atoms with van der Waals surface area (Å²) in [5.41, 5.74) is 7.01. The van der Waals surface area contributed by atoms with Gasteiger partial charge in [-0.2, -0.15) is 0 Å². The maximum absolute atomic E-state index is 5.85. The third-order valence-corrected chi connectivity index (χ3v) is 2.95. The molecule has 0 saturated carbocycles. The van der Waals surface area contributed by atoms with Crippen molar-refractivity contribution in [3.8, 4) is 0 Å². The highest BCUT2D eigenvalue weighted by Gasteiger charge is 2.16. The summed E-state index contributed by atoms with van der Waals surface area (Å²) in [6.45, 7) is 6.07. The molecule has 4 heteroatoms. The quantitative estimate of drug-likeness (QED) is 0.904. The van der Waals surface area contributed by atoms with Crippen LogP contribution in [0.2, 0.25) is 0 Å². The van der Waals surface area contributed by atoms with E-state index in [1.54, 1.807) is 6.20 Å². The lowest BCUT2D eigenvalue weighted by atomic mass is 10.1. The number of hydrogen-bond donors (Lipinski definition) is 1. The fourth-order valence-corrected chi connectivity index (χ4v) is 2.27. The van der Waals surface area contributed by atoms with Crippen molar-refractivity contribution in [2.45, 2.75) is 19.9 Å². The Hall–Kier alpha value is -0.450. The van der Waals surface area contributed by atoms with Crippen molar-refractivity contribution < 1.29 is 0 Å². The predicted octanol–water partition coefficient (Wildman–Crippen LogP) is 2.43. The van der Waals surface area contributed by atoms with Gasteiger partial charge in [0.2, 0.25) is 0 Å². The summed E-state index contributed by atoms with van der Waals surface area (Å²) in [6.07, 6.45) is 3.68. The maximum atomic E-state index is 5.85. The van der Waals surface area contributed by atoms with Gasteiger partial charge < -0.3 is 5.73 Å². The zero-order valence-electron chi connectivity index (χ0n) is 10.2. The predicted molar refractivity (Wildman–Crippen MR) is 71.2 cm³/mol. The molecule has 90 valence electrons. The number of pyridine rings is 1. The number of rotatable bonds is 5. The van der Waals surface area contributed by atoms with E-state index in [1.165, 1.54) is 5.56 Å². The number of nitrogens with two attached hydrogens (primary N) is 1. The molecule has 0 bridgehead atoms. The fraction of sp³-hybridized carbons (Fsp3) is 0.583. The Labute approximate surface area is 106 Å². The van der Waals surface area contributed by atoms with Crippen LogP contribution in [-0.4, -0.2) is 30.0 Å². The molecule has 0 aliphatic rings. The summed E-state index contributed by atoms with van der Waals surface area (Å²) in [7, 11) is 2.11. The van der Waals surface area contributed by atoms with Crippen LogP contribution in [-0.2, 0) is 0 Å². The van der Waals surface area contributed by atoms with Crippen LogP contribution >= 0.6 is 15.9 Å². The standard InChI is InChI=1S/C12H20BrN3/c1-9(2)8-16(3)12(5-14)10-4-11(13)7-15-6-10/h4,6-7,9,12H,5,8,14H2,1-3H3. The Kier molecular flexibility index (Phi) is 5.38. The second-order valence-corrected chi connectivity index (χ2v) is 5.44. The lowest BCUT2D eigenvalue weighted by molar-refractivity contribution is 0.223. The molecule has 0 aliphatic heterocycles.